The summed E-state index contributed by atoms with van der Waals surface area (Å²) >= 11 is 3.40. The molecule has 134 valence electrons. The minimum Gasteiger partial charge on any atom is -0.508 e. The van der Waals surface area contributed by atoms with Crippen molar-refractivity contribution in [2.24, 2.45) is 5.73 Å². The molecular formula is C19H18BrN3O3. The number of carbonyl (C=O) groups is 1. The van der Waals surface area contributed by atoms with Gasteiger partial charge in [-0.1, -0.05) is 40.2 Å². The minimum atomic E-state index is -0.480. The summed E-state index contributed by atoms with van der Waals surface area (Å²) in [4.78, 5) is 16.4. The Balaban J connectivity index is 1.59. The number of rotatable bonds is 6. The van der Waals surface area contributed by atoms with Crippen LogP contribution in [-0.2, 0) is 13.0 Å². The lowest BCUT2D eigenvalue weighted by Crippen LogP contribution is -2.23. The fraction of sp³-hybridized carbons (Fsp3) is 0.158. The first-order valence-corrected chi connectivity index (χ1v) is 8.82. The molecule has 0 fully saturated rings. The van der Waals surface area contributed by atoms with E-state index in [0.717, 1.165) is 15.6 Å². The van der Waals surface area contributed by atoms with Crippen LogP contribution in [0.3, 0.4) is 0 Å². The van der Waals surface area contributed by atoms with Gasteiger partial charge in [0, 0.05) is 11.0 Å². The van der Waals surface area contributed by atoms with Crippen molar-refractivity contribution in [1.82, 2.24) is 10.3 Å². The summed E-state index contributed by atoms with van der Waals surface area (Å²) in [5.41, 5.74) is 8.21. The van der Waals surface area contributed by atoms with Gasteiger partial charge in [-0.05, 0) is 41.8 Å². The smallest absolute Gasteiger partial charge is 0.273 e. The average Bonchev–Trinajstić information content (AvgIpc) is 3.12. The number of phenolic OH excluding ortho intramolecular Hbond substituents is 1. The average molecular weight is 416 g/mol. The van der Waals surface area contributed by atoms with Gasteiger partial charge in [0.25, 0.3) is 5.91 Å². The summed E-state index contributed by atoms with van der Waals surface area (Å²) in [5, 5.41) is 12.1. The third kappa shape index (κ3) is 4.71. The molecule has 0 aliphatic carbocycles. The van der Waals surface area contributed by atoms with Crippen LogP contribution in [-0.4, -0.2) is 16.0 Å². The molecule has 2 aromatic carbocycles. The van der Waals surface area contributed by atoms with Crippen LogP contribution in [0, 0.1) is 0 Å². The fourth-order valence-electron chi connectivity index (χ4n) is 2.46. The highest BCUT2D eigenvalue weighted by molar-refractivity contribution is 9.10. The molecule has 0 saturated carbocycles. The number of benzene rings is 2. The third-order valence-corrected chi connectivity index (χ3v) is 4.30. The zero-order valence-electron chi connectivity index (χ0n) is 13.9. The molecule has 0 aliphatic rings. The van der Waals surface area contributed by atoms with Crippen LogP contribution in [0.1, 0.15) is 33.5 Å². The number of phenols is 1. The van der Waals surface area contributed by atoms with Crippen molar-refractivity contribution in [2.75, 3.05) is 0 Å². The predicted octanol–water partition coefficient (Wildman–Crippen LogP) is 3.32. The quantitative estimate of drug-likeness (QED) is 0.572. The van der Waals surface area contributed by atoms with E-state index in [1.165, 1.54) is 6.26 Å². The molecule has 6 nitrogen and oxygen atoms in total. The van der Waals surface area contributed by atoms with E-state index in [-0.39, 0.29) is 17.4 Å². The van der Waals surface area contributed by atoms with Gasteiger partial charge in [0.1, 0.15) is 12.0 Å². The molecule has 0 radical (unpaired) electrons. The van der Waals surface area contributed by atoms with E-state index in [9.17, 15) is 9.90 Å². The normalized spacial score (nSPS) is 11.9. The standard InChI is InChI=1S/C19H18BrN3O3/c20-14-3-1-2-13(8-14)10-22-18(25)17-11-26-19(23-17)16(21)9-12-4-6-15(24)7-5-12/h1-8,11,16,24H,9-10,21H2,(H,22,25). The molecule has 1 amide bonds. The Hall–Kier alpha value is -2.64. The zero-order valence-corrected chi connectivity index (χ0v) is 15.4. The van der Waals surface area contributed by atoms with Gasteiger partial charge < -0.3 is 20.6 Å². The number of aromatic nitrogens is 1. The van der Waals surface area contributed by atoms with E-state index in [0.29, 0.717) is 18.9 Å². The molecule has 7 heteroatoms. The van der Waals surface area contributed by atoms with E-state index in [4.69, 9.17) is 10.2 Å². The van der Waals surface area contributed by atoms with E-state index in [2.05, 4.69) is 26.2 Å². The Bertz CT molecular complexity index is 893. The van der Waals surface area contributed by atoms with Crippen LogP contribution in [0.4, 0.5) is 0 Å². The number of nitrogens with two attached hydrogens (primary N) is 1. The first-order chi connectivity index (χ1) is 12.5. The Morgan fingerprint density at radius 2 is 2.00 bits per heavy atom. The number of amides is 1. The van der Waals surface area contributed by atoms with E-state index < -0.39 is 6.04 Å². The van der Waals surface area contributed by atoms with Crippen molar-refractivity contribution in [3.05, 3.63) is 82.0 Å². The third-order valence-electron chi connectivity index (χ3n) is 3.81. The van der Waals surface area contributed by atoms with Gasteiger partial charge in [-0.3, -0.25) is 4.79 Å². The van der Waals surface area contributed by atoms with Crippen molar-refractivity contribution >= 4 is 21.8 Å². The van der Waals surface area contributed by atoms with Gasteiger partial charge in [-0.2, -0.15) is 0 Å². The number of carbonyl (C=O) groups excluding carboxylic acids is 1. The largest absolute Gasteiger partial charge is 0.508 e. The van der Waals surface area contributed by atoms with Gasteiger partial charge in [0.15, 0.2) is 5.69 Å². The molecule has 1 atom stereocenters. The van der Waals surface area contributed by atoms with Crippen molar-refractivity contribution in [3.63, 3.8) is 0 Å². The number of hydrogen-bond acceptors (Lipinski definition) is 5. The second-order valence-corrected chi connectivity index (χ2v) is 6.78. The molecule has 4 N–H and O–H groups in total. The highest BCUT2D eigenvalue weighted by Crippen LogP contribution is 2.18. The number of aromatic hydroxyl groups is 1. The molecule has 3 rings (SSSR count). The Morgan fingerprint density at radius 1 is 1.23 bits per heavy atom. The molecule has 0 saturated heterocycles. The molecule has 1 heterocycles. The Labute approximate surface area is 159 Å². The monoisotopic (exact) mass is 415 g/mol. The topological polar surface area (TPSA) is 101 Å². The Kier molecular flexibility index (Phi) is 5.70. The summed E-state index contributed by atoms with van der Waals surface area (Å²) in [6, 6.07) is 14.0. The van der Waals surface area contributed by atoms with Gasteiger partial charge >= 0.3 is 0 Å². The number of oxazole rings is 1. The van der Waals surface area contributed by atoms with E-state index in [1.54, 1.807) is 24.3 Å². The summed E-state index contributed by atoms with van der Waals surface area (Å²) in [6.07, 6.45) is 1.79. The first-order valence-electron chi connectivity index (χ1n) is 8.03. The zero-order chi connectivity index (χ0) is 18.5. The van der Waals surface area contributed by atoms with Gasteiger partial charge in [0.05, 0.1) is 6.04 Å². The summed E-state index contributed by atoms with van der Waals surface area (Å²) in [5.74, 6) is 0.172. The predicted molar refractivity (Wildman–Crippen MR) is 101 cm³/mol. The number of hydrogen-bond donors (Lipinski definition) is 3. The molecule has 0 bridgehead atoms. The first kappa shape index (κ1) is 18.2. The van der Waals surface area contributed by atoms with Crippen molar-refractivity contribution in [1.29, 1.82) is 0 Å². The lowest BCUT2D eigenvalue weighted by atomic mass is 10.1. The molecular weight excluding hydrogens is 398 g/mol. The maximum absolute atomic E-state index is 12.2. The Morgan fingerprint density at radius 3 is 2.73 bits per heavy atom. The second-order valence-electron chi connectivity index (χ2n) is 5.86. The summed E-state index contributed by atoms with van der Waals surface area (Å²) in [6.45, 7) is 0.389. The summed E-state index contributed by atoms with van der Waals surface area (Å²) in [7, 11) is 0. The maximum Gasteiger partial charge on any atom is 0.273 e. The van der Waals surface area contributed by atoms with Crippen LogP contribution < -0.4 is 11.1 Å². The van der Waals surface area contributed by atoms with Crippen molar-refractivity contribution in [2.45, 2.75) is 19.0 Å². The molecule has 26 heavy (non-hydrogen) atoms. The molecule has 1 aromatic heterocycles. The lowest BCUT2D eigenvalue weighted by Gasteiger charge is -2.07. The van der Waals surface area contributed by atoms with Crippen LogP contribution >= 0.6 is 15.9 Å². The molecule has 3 aromatic rings. The van der Waals surface area contributed by atoms with Crippen molar-refractivity contribution in [3.8, 4) is 5.75 Å². The molecule has 0 spiro atoms. The highest BCUT2D eigenvalue weighted by Gasteiger charge is 2.17. The van der Waals surface area contributed by atoms with Gasteiger partial charge in [-0.15, -0.1) is 0 Å². The van der Waals surface area contributed by atoms with E-state index in [1.807, 2.05) is 24.3 Å². The van der Waals surface area contributed by atoms with Crippen LogP contribution in [0.2, 0.25) is 0 Å². The maximum atomic E-state index is 12.2. The fourth-order valence-corrected chi connectivity index (χ4v) is 2.90. The van der Waals surface area contributed by atoms with Crippen molar-refractivity contribution < 1.29 is 14.3 Å². The molecule has 1 unspecified atom stereocenters. The lowest BCUT2D eigenvalue weighted by molar-refractivity contribution is 0.0946. The van der Waals surface area contributed by atoms with Crippen LogP contribution in [0.5, 0.6) is 5.75 Å². The number of halogens is 1. The molecule has 0 aliphatic heterocycles. The van der Waals surface area contributed by atoms with E-state index >= 15 is 0 Å². The SMILES string of the molecule is NC(Cc1ccc(O)cc1)c1nc(C(=O)NCc2cccc(Br)c2)co1. The number of nitrogens with one attached hydrogen (secondary N) is 1. The summed E-state index contributed by atoms with van der Waals surface area (Å²) < 4.78 is 6.31. The van der Waals surface area contributed by atoms with Gasteiger partial charge in [0.2, 0.25) is 5.89 Å². The second kappa shape index (κ2) is 8.16. The van der Waals surface area contributed by atoms with Crippen LogP contribution in [0.15, 0.2) is 63.7 Å². The number of nitrogens with zero attached hydrogens (tertiary/aromatic N) is 1. The van der Waals surface area contributed by atoms with Gasteiger partial charge in [-0.25, -0.2) is 4.98 Å². The van der Waals surface area contributed by atoms with Crippen LogP contribution in [0.25, 0.3) is 0 Å². The highest BCUT2D eigenvalue weighted by atomic mass is 79.9. The minimum absolute atomic E-state index is 0.191.